The van der Waals surface area contributed by atoms with Gasteiger partial charge in [-0.25, -0.2) is 0 Å². The van der Waals surface area contributed by atoms with E-state index in [1.54, 1.807) is 0 Å². The van der Waals surface area contributed by atoms with Gasteiger partial charge in [-0.1, -0.05) is 0 Å². The first kappa shape index (κ1) is 22.8. The molecule has 0 rings (SSSR count). The minimum atomic E-state index is -5.15. The number of hydrogen-bond acceptors (Lipinski definition) is 0. The van der Waals surface area contributed by atoms with Crippen LogP contribution >= 0.6 is 58.1 Å². The molecular formula is H6Cl6N3Rh-3. The van der Waals surface area contributed by atoms with Gasteiger partial charge in [0, 0.05) is 0 Å². The fourth-order valence-corrected chi connectivity index (χ4v) is 0. The van der Waals surface area contributed by atoms with Crippen LogP contribution in [0.15, 0.2) is 0 Å². The quantitative estimate of drug-likeness (QED) is 0.452. The van der Waals surface area contributed by atoms with Crippen molar-refractivity contribution in [2.24, 2.45) is 0 Å². The van der Waals surface area contributed by atoms with Gasteiger partial charge in [0.05, 0.1) is 0 Å². The van der Waals surface area contributed by atoms with Crippen LogP contribution in [0.25, 0.3) is 18.5 Å². The third-order valence-electron chi connectivity index (χ3n) is 0. The summed E-state index contributed by atoms with van der Waals surface area (Å²) < 4.78 is 0. The Kier molecular flexibility index (Phi) is 9.04. The molecule has 0 fully saturated rings. The van der Waals surface area contributed by atoms with Crippen molar-refractivity contribution in [2.75, 3.05) is 0 Å². The van der Waals surface area contributed by atoms with Crippen LogP contribution in [0.4, 0.5) is 0 Å². The van der Waals surface area contributed by atoms with Gasteiger partial charge in [0.25, 0.3) is 0 Å². The van der Waals surface area contributed by atoms with E-state index in [1.165, 1.54) is 0 Å². The fourth-order valence-electron chi connectivity index (χ4n) is 0. The Morgan fingerprint density at radius 3 is 0.500 bits per heavy atom. The summed E-state index contributed by atoms with van der Waals surface area (Å²) in [6.45, 7) is -5.15. The summed E-state index contributed by atoms with van der Waals surface area (Å²) in [6.07, 6.45) is 0. The standard InChI is InChI=1S/6ClH.3H2N.Rh/h6*1H;3*1H2;/q;;;;;;3*-1;+6/p-6. The molecular weight excluding hydrogens is 358 g/mol. The van der Waals surface area contributed by atoms with E-state index in [2.05, 4.69) is 0 Å². The molecule has 0 saturated carbocycles. The summed E-state index contributed by atoms with van der Waals surface area (Å²) >= 11 is 0. The molecule has 0 saturated heterocycles. The Morgan fingerprint density at radius 2 is 0.500 bits per heavy atom. The largest absolute Gasteiger partial charge is 0.693 e. The zero-order chi connectivity index (χ0) is 6.41. The van der Waals surface area contributed by atoms with E-state index in [4.69, 9.17) is 58.1 Å². The van der Waals surface area contributed by atoms with E-state index in [-0.39, 0.29) is 18.5 Å². The molecule has 75 valence electrons. The van der Waals surface area contributed by atoms with Crippen molar-refractivity contribution in [3.8, 4) is 0 Å². The Bertz CT molecular complexity index is 71.6. The van der Waals surface area contributed by atoms with Gasteiger partial charge >= 0.3 is 64.6 Å². The van der Waals surface area contributed by atoms with Crippen LogP contribution in [0.5, 0.6) is 0 Å². The molecule has 0 aromatic heterocycles. The van der Waals surface area contributed by atoms with Gasteiger partial charge < -0.3 is 18.5 Å². The van der Waals surface area contributed by atoms with Gasteiger partial charge in [-0.3, -0.25) is 0 Å². The summed E-state index contributed by atoms with van der Waals surface area (Å²) in [7, 11) is 30.2. The molecule has 0 spiro atoms. The van der Waals surface area contributed by atoms with Crippen LogP contribution in [-0.4, -0.2) is 0 Å². The predicted octanol–water partition coefficient (Wildman–Crippen LogP) is 6.29. The van der Waals surface area contributed by atoms with Crippen LogP contribution in [0.1, 0.15) is 0 Å². The topological polar surface area (TPSA) is 100 Å². The Morgan fingerprint density at radius 1 is 0.500 bits per heavy atom. The SMILES string of the molecule is [Cl][Rh]([Cl])([Cl])([Cl])([Cl])[Cl].[NH2-].[NH2-].[NH2-]. The minimum absolute atomic E-state index is 0. The second-order valence-corrected chi connectivity index (χ2v) is 38.0. The molecule has 0 aromatic rings. The number of rotatable bonds is 0. The van der Waals surface area contributed by atoms with Gasteiger partial charge in [0.15, 0.2) is 0 Å². The van der Waals surface area contributed by atoms with Crippen LogP contribution in [0, 0.1) is 0 Å². The van der Waals surface area contributed by atoms with Gasteiger partial charge in [0.1, 0.15) is 0 Å². The number of nitrogens with two attached hydrogens (primary N) is 3. The maximum Gasteiger partial charge on any atom is -0.693 e. The summed E-state index contributed by atoms with van der Waals surface area (Å²) in [6, 6.07) is 0. The van der Waals surface area contributed by atoms with Gasteiger partial charge in [-0.05, 0) is 0 Å². The molecule has 0 atom stereocenters. The maximum absolute atomic E-state index is 5.15. The van der Waals surface area contributed by atoms with Crippen LogP contribution in [-0.2, 0) is 6.48 Å². The average Bonchev–Trinajstić information content (AvgIpc) is 0.592. The van der Waals surface area contributed by atoms with Crippen molar-refractivity contribution in [1.29, 1.82) is 0 Å². The molecule has 0 aliphatic heterocycles. The van der Waals surface area contributed by atoms with Crippen LogP contribution < -0.4 is 0 Å². The second kappa shape index (κ2) is 3.97. The smallest absolute Gasteiger partial charge is 0.693 e. The number of hydrogen-bond donors (Lipinski definition) is 0. The molecule has 0 bridgehead atoms. The van der Waals surface area contributed by atoms with Crippen molar-refractivity contribution in [1.82, 2.24) is 0 Å². The van der Waals surface area contributed by atoms with Gasteiger partial charge in [-0.15, -0.1) is 0 Å². The summed E-state index contributed by atoms with van der Waals surface area (Å²) in [5, 5.41) is 0. The molecule has 10 heteroatoms. The Balaban J connectivity index is -0.0000000600. The first-order valence-electron chi connectivity index (χ1n) is 0.756. The molecule has 0 aliphatic rings. The van der Waals surface area contributed by atoms with Crippen molar-refractivity contribution >= 4 is 58.1 Å². The van der Waals surface area contributed by atoms with E-state index >= 15 is 0 Å². The fraction of sp³-hybridized carbons (Fsp3) is 0. The molecule has 0 unspecified atom stereocenters. The Hall–Kier alpha value is 2.24. The molecule has 6 N–H and O–H groups in total. The molecule has 0 amide bonds. The monoisotopic (exact) mass is 361 g/mol. The van der Waals surface area contributed by atoms with Gasteiger partial charge in [0.2, 0.25) is 0 Å². The zero-order valence-corrected chi connectivity index (χ0v) is 10.5. The van der Waals surface area contributed by atoms with E-state index in [1.807, 2.05) is 0 Å². The first-order chi connectivity index (χ1) is 2.45. The third kappa shape index (κ3) is 174. The van der Waals surface area contributed by atoms with Crippen molar-refractivity contribution in [3.63, 3.8) is 0 Å². The predicted molar refractivity (Wildman–Crippen MR) is 51.0 cm³/mol. The maximum atomic E-state index is 5.04. The van der Waals surface area contributed by atoms with Crippen molar-refractivity contribution in [2.45, 2.75) is 0 Å². The summed E-state index contributed by atoms with van der Waals surface area (Å²) in [4.78, 5) is 0. The van der Waals surface area contributed by atoms with Gasteiger partial charge in [-0.2, -0.15) is 0 Å². The second-order valence-electron chi connectivity index (χ2n) is 0.714. The molecule has 0 radical (unpaired) electrons. The minimum Gasteiger partial charge on any atom is -0.693 e. The van der Waals surface area contributed by atoms with E-state index in [0.717, 1.165) is 0 Å². The third-order valence-corrected chi connectivity index (χ3v) is 0. The summed E-state index contributed by atoms with van der Waals surface area (Å²) in [5.41, 5.74) is 0. The van der Waals surface area contributed by atoms with Crippen LogP contribution in [0.2, 0.25) is 0 Å². The number of halogens is 6. The zero-order valence-electron chi connectivity index (χ0n) is 4.33. The van der Waals surface area contributed by atoms with Crippen LogP contribution in [0.3, 0.4) is 0 Å². The van der Waals surface area contributed by atoms with E-state index in [9.17, 15) is 0 Å². The first-order valence-corrected chi connectivity index (χ1v) is 13.4. The normalized spacial score (nSPS) is 16.2. The Labute approximate surface area is 82.3 Å². The average molecular weight is 364 g/mol. The van der Waals surface area contributed by atoms with E-state index < -0.39 is 6.48 Å². The molecule has 0 aromatic carbocycles. The van der Waals surface area contributed by atoms with Crippen molar-refractivity contribution < 1.29 is 6.48 Å². The molecule has 0 heterocycles. The van der Waals surface area contributed by atoms with E-state index in [0.29, 0.717) is 0 Å². The molecule has 0 aliphatic carbocycles. The van der Waals surface area contributed by atoms with Crippen molar-refractivity contribution in [3.05, 3.63) is 18.5 Å². The molecule has 10 heavy (non-hydrogen) atoms. The summed E-state index contributed by atoms with van der Waals surface area (Å²) in [5.74, 6) is 0. The molecule has 3 nitrogen and oxygen atoms in total.